The zero-order valence-electron chi connectivity index (χ0n) is 14.8. The molecule has 0 spiro atoms. The van der Waals surface area contributed by atoms with Crippen molar-refractivity contribution in [3.63, 3.8) is 0 Å². The van der Waals surface area contributed by atoms with Gasteiger partial charge in [-0.05, 0) is 44.8 Å². The molecular formula is C16H34IN3OS. The number of ether oxygens (including phenoxy) is 1. The Labute approximate surface area is 158 Å². The number of thioether (sulfide) groups is 1. The molecular weight excluding hydrogens is 409 g/mol. The molecule has 6 heteroatoms. The molecule has 0 amide bonds. The van der Waals surface area contributed by atoms with Crippen LogP contribution >= 0.6 is 35.7 Å². The van der Waals surface area contributed by atoms with Crippen molar-refractivity contribution in [3.8, 4) is 0 Å². The van der Waals surface area contributed by atoms with Gasteiger partial charge in [0, 0.05) is 31.5 Å². The van der Waals surface area contributed by atoms with E-state index in [1.54, 1.807) is 0 Å². The van der Waals surface area contributed by atoms with Gasteiger partial charge >= 0.3 is 0 Å². The number of guanidine groups is 1. The third kappa shape index (κ3) is 8.24. The maximum absolute atomic E-state index is 5.77. The van der Waals surface area contributed by atoms with Crippen LogP contribution in [0.15, 0.2) is 4.99 Å². The molecule has 0 bridgehead atoms. The fraction of sp³-hybridized carbons (Fsp3) is 0.938. The van der Waals surface area contributed by atoms with Gasteiger partial charge in [-0.1, -0.05) is 13.8 Å². The Morgan fingerprint density at radius 1 is 1.36 bits per heavy atom. The minimum atomic E-state index is 0. The van der Waals surface area contributed by atoms with Crippen molar-refractivity contribution in [2.24, 2.45) is 10.9 Å². The van der Waals surface area contributed by atoms with Gasteiger partial charge in [-0.25, -0.2) is 0 Å². The quantitative estimate of drug-likeness (QED) is 0.343. The lowest BCUT2D eigenvalue weighted by Crippen LogP contribution is -2.44. The lowest BCUT2D eigenvalue weighted by Gasteiger charge is -2.25. The Bertz CT molecular complexity index is 321. The summed E-state index contributed by atoms with van der Waals surface area (Å²) in [5, 5.41) is 6.87. The average molecular weight is 443 g/mol. The Balaban J connectivity index is 0.00000441. The highest BCUT2D eigenvalue weighted by molar-refractivity contribution is 14.0. The summed E-state index contributed by atoms with van der Waals surface area (Å²) >= 11 is 2.07. The Kier molecular flexibility index (Phi) is 12.0. The van der Waals surface area contributed by atoms with Gasteiger partial charge in [-0.2, -0.15) is 11.8 Å². The molecule has 4 nitrogen and oxygen atoms in total. The van der Waals surface area contributed by atoms with Gasteiger partial charge in [0.05, 0.1) is 6.10 Å². The van der Waals surface area contributed by atoms with Crippen molar-refractivity contribution >= 4 is 41.7 Å². The van der Waals surface area contributed by atoms with Crippen LogP contribution in [0.1, 0.15) is 47.0 Å². The van der Waals surface area contributed by atoms with Crippen LogP contribution in [-0.2, 0) is 4.74 Å². The zero-order valence-corrected chi connectivity index (χ0v) is 17.9. The molecule has 0 radical (unpaired) electrons. The lowest BCUT2D eigenvalue weighted by molar-refractivity contribution is 0.0258. The van der Waals surface area contributed by atoms with Gasteiger partial charge in [-0.3, -0.25) is 4.99 Å². The number of halogens is 1. The molecule has 0 saturated carbocycles. The van der Waals surface area contributed by atoms with E-state index in [1.807, 2.05) is 7.05 Å². The van der Waals surface area contributed by atoms with Crippen LogP contribution in [0.4, 0.5) is 0 Å². The molecule has 0 aromatic carbocycles. The van der Waals surface area contributed by atoms with Crippen LogP contribution in [-0.4, -0.2) is 49.3 Å². The van der Waals surface area contributed by atoms with Crippen LogP contribution in [0.3, 0.4) is 0 Å². The molecule has 0 aliphatic carbocycles. The summed E-state index contributed by atoms with van der Waals surface area (Å²) in [4.78, 5) is 4.31. The fourth-order valence-electron chi connectivity index (χ4n) is 2.62. The van der Waals surface area contributed by atoms with Gasteiger partial charge in [0.2, 0.25) is 0 Å². The van der Waals surface area contributed by atoms with Gasteiger partial charge in [0.25, 0.3) is 0 Å². The first-order valence-corrected chi connectivity index (χ1v) is 9.19. The molecule has 1 rings (SSSR count). The van der Waals surface area contributed by atoms with E-state index < -0.39 is 0 Å². The van der Waals surface area contributed by atoms with Crippen LogP contribution in [0.2, 0.25) is 0 Å². The second kappa shape index (κ2) is 11.8. The van der Waals surface area contributed by atoms with Crippen molar-refractivity contribution < 1.29 is 4.74 Å². The van der Waals surface area contributed by atoms with Gasteiger partial charge < -0.3 is 15.4 Å². The highest BCUT2D eigenvalue weighted by atomic mass is 127. The monoisotopic (exact) mass is 443 g/mol. The molecule has 2 N–H and O–H groups in total. The first-order valence-electron chi connectivity index (χ1n) is 8.21. The number of nitrogens with zero attached hydrogens (tertiary/aromatic N) is 1. The number of aliphatic imine (C=N–C) groups is 1. The fourth-order valence-corrected chi connectivity index (χ4v) is 3.87. The van der Waals surface area contributed by atoms with Crippen LogP contribution < -0.4 is 10.6 Å². The second-order valence-corrected chi connectivity index (χ2v) is 7.96. The zero-order chi connectivity index (χ0) is 15.7. The Hall–Kier alpha value is 0.310. The van der Waals surface area contributed by atoms with Crippen molar-refractivity contribution in [2.45, 2.75) is 57.8 Å². The van der Waals surface area contributed by atoms with Gasteiger partial charge in [-0.15, -0.1) is 24.0 Å². The van der Waals surface area contributed by atoms with E-state index in [4.69, 9.17) is 4.74 Å². The number of hydrogen-bond acceptors (Lipinski definition) is 3. The maximum Gasteiger partial charge on any atom is 0.191 e. The first kappa shape index (κ1) is 22.3. The highest BCUT2D eigenvalue weighted by Crippen LogP contribution is 2.36. The van der Waals surface area contributed by atoms with Gasteiger partial charge in [0.1, 0.15) is 0 Å². The second-order valence-electron chi connectivity index (χ2n) is 6.28. The minimum absolute atomic E-state index is 0. The molecule has 0 aromatic rings. The van der Waals surface area contributed by atoms with Crippen molar-refractivity contribution in [1.82, 2.24) is 10.6 Å². The topological polar surface area (TPSA) is 45.6 Å². The Morgan fingerprint density at radius 2 is 2.09 bits per heavy atom. The molecule has 22 heavy (non-hydrogen) atoms. The van der Waals surface area contributed by atoms with Gasteiger partial charge in [0.15, 0.2) is 5.96 Å². The minimum Gasteiger partial charge on any atom is -0.378 e. The van der Waals surface area contributed by atoms with E-state index in [2.05, 4.69) is 55.1 Å². The molecule has 1 heterocycles. The van der Waals surface area contributed by atoms with E-state index in [1.165, 1.54) is 18.6 Å². The number of nitrogens with one attached hydrogen (secondary N) is 2. The smallest absolute Gasteiger partial charge is 0.191 e. The first-order chi connectivity index (χ1) is 10.0. The maximum atomic E-state index is 5.77. The molecule has 1 fully saturated rings. The predicted octanol–water partition coefficient (Wildman–Crippen LogP) is 3.51. The summed E-state index contributed by atoms with van der Waals surface area (Å²) in [6, 6.07) is 0. The van der Waals surface area contributed by atoms with Crippen molar-refractivity contribution in [3.05, 3.63) is 0 Å². The molecule has 132 valence electrons. The van der Waals surface area contributed by atoms with Crippen LogP contribution in [0.25, 0.3) is 0 Å². The van der Waals surface area contributed by atoms with Crippen molar-refractivity contribution in [1.29, 1.82) is 0 Å². The van der Waals surface area contributed by atoms with Crippen LogP contribution in [0, 0.1) is 5.92 Å². The van der Waals surface area contributed by atoms with E-state index in [0.29, 0.717) is 16.8 Å². The summed E-state index contributed by atoms with van der Waals surface area (Å²) in [5.74, 6) is 2.74. The largest absolute Gasteiger partial charge is 0.378 e. The summed E-state index contributed by atoms with van der Waals surface area (Å²) in [7, 11) is 1.84. The number of hydrogen-bond donors (Lipinski definition) is 2. The van der Waals surface area contributed by atoms with E-state index >= 15 is 0 Å². The standard InChI is InChI=1S/C16H33N3OS.HI/c1-6-20-14(13(2)3)8-10-18-15(17-5)19-12-16(4)9-7-11-21-16;/h13-14H,6-12H2,1-5H3,(H2,17,18,19);1H. The van der Waals surface area contributed by atoms with E-state index in [-0.39, 0.29) is 24.0 Å². The summed E-state index contributed by atoms with van der Waals surface area (Å²) in [6.45, 7) is 11.5. The molecule has 2 atom stereocenters. The molecule has 0 aromatic heterocycles. The third-order valence-corrected chi connectivity index (χ3v) is 5.54. The summed E-state index contributed by atoms with van der Waals surface area (Å²) < 4.78 is 6.14. The summed E-state index contributed by atoms with van der Waals surface area (Å²) in [5.41, 5.74) is 0. The molecule has 1 saturated heterocycles. The predicted molar refractivity (Wildman–Crippen MR) is 110 cm³/mol. The summed E-state index contributed by atoms with van der Waals surface area (Å²) in [6.07, 6.45) is 3.96. The van der Waals surface area contributed by atoms with Crippen LogP contribution in [0.5, 0.6) is 0 Å². The third-order valence-electron chi connectivity index (χ3n) is 4.00. The van der Waals surface area contributed by atoms with E-state index in [9.17, 15) is 0 Å². The molecule has 1 aliphatic rings. The lowest BCUT2D eigenvalue weighted by atomic mass is 10.0. The average Bonchev–Trinajstić information content (AvgIpc) is 2.88. The number of rotatable bonds is 8. The van der Waals surface area contributed by atoms with Crippen molar-refractivity contribution in [2.75, 3.05) is 32.5 Å². The SMILES string of the molecule is CCOC(CCNC(=NC)NCC1(C)CCCS1)C(C)C.I. The molecule has 2 unspecified atom stereocenters. The van der Waals surface area contributed by atoms with E-state index in [0.717, 1.165) is 32.1 Å². The normalized spacial score (nSPS) is 23.3. The molecule has 1 aliphatic heterocycles. The highest BCUT2D eigenvalue weighted by Gasteiger charge is 2.29. The Morgan fingerprint density at radius 3 is 2.59 bits per heavy atom.